The zero-order valence-electron chi connectivity index (χ0n) is 11.7. The van der Waals surface area contributed by atoms with Crippen molar-refractivity contribution in [2.45, 2.75) is 32.6 Å². The molecule has 0 spiro atoms. The molecule has 0 amide bonds. The van der Waals surface area contributed by atoms with Crippen LogP contribution < -0.4 is 5.73 Å². The molecule has 2 heterocycles. The highest BCUT2D eigenvalue weighted by Crippen LogP contribution is 2.19. The highest BCUT2D eigenvalue weighted by atomic mass is 32.2. The summed E-state index contributed by atoms with van der Waals surface area (Å²) in [7, 11) is -2.77. The molecule has 6 heteroatoms. The third-order valence-corrected chi connectivity index (χ3v) is 5.88. The zero-order chi connectivity index (χ0) is 13.9. The largest absolute Gasteiger partial charge is 0.370 e. The maximum atomic E-state index is 11.3. The number of hydrogen-bond donors (Lipinski definition) is 1. The predicted octanol–water partition coefficient (Wildman–Crippen LogP) is 0.858. The maximum Gasteiger partial charge on any atom is 0.191 e. The third-order valence-electron chi connectivity index (χ3n) is 4.17. The average Bonchev–Trinajstić information content (AvgIpc) is 2.37. The predicted molar refractivity (Wildman–Crippen MR) is 77.8 cm³/mol. The number of guanidine groups is 1. The van der Waals surface area contributed by atoms with E-state index in [1.807, 2.05) is 0 Å². The Bertz CT molecular complexity index is 419. The van der Waals surface area contributed by atoms with E-state index in [2.05, 4.69) is 16.8 Å². The maximum absolute atomic E-state index is 11.3. The van der Waals surface area contributed by atoms with Crippen LogP contribution in [0.3, 0.4) is 0 Å². The Morgan fingerprint density at radius 3 is 2.63 bits per heavy atom. The van der Waals surface area contributed by atoms with Crippen molar-refractivity contribution in [3.8, 4) is 0 Å². The van der Waals surface area contributed by atoms with Gasteiger partial charge in [-0.2, -0.15) is 0 Å². The Hall–Kier alpha value is -0.780. The number of hydrogen-bond acceptors (Lipinski definition) is 3. The van der Waals surface area contributed by atoms with Crippen molar-refractivity contribution in [3.63, 3.8) is 0 Å². The summed E-state index contributed by atoms with van der Waals surface area (Å²) >= 11 is 0. The number of sulfone groups is 1. The molecule has 2 fully saturated rings. The molecule has 0 unspecified atom stereocenters. The summed E-state index contributed by atoms with van der Waals surface area (Å²) in [6.45, 7) is 4.91. The minimum Gasteiger partial charge on any atom is -0.370 e. The summed E-state index contributed by atoms with van der Waals surface area (Å²) in [6, 6.07) is 0. The van der Waals surface area contributed by atoms with Gasteiger partial charge in [0.1, 0.15) is 9.84 Å². The topological polar surface area (TPSA) is 75.8 Å². The molecule has 2 aliphatic heterocycles. The fraction of sp³-hybridized carbons (Fsp3) is 0.923. The Balaban J connectivity index is 1.81. The molecule has 0 radical (unpaired) electrons. The first-order valence-corrected chi connectivity index (χ1v) is 9.04. The van der Waals surface area contributed by atoms with E-state index in [1.165, 1.54) is 12.8 Å². The fourth-order valence-electron chi connectivity index (χ4n) is 2.84. The summed E-state index contributed by atoms with van der Waals surface area (Å²) in [4.78, 5) is 6.64. The van der Waals surface area contributed by atoms with Crippen molar-refractivity contribution in [1.29, 1.82) is 0 Å². The van der Waals surface area contributed by atoms with Crippen LogP contribution in [0.15, 0.2) is 4.99 Å². The van der Waals surface area contributed by atoms with Crippen molar-refractivity contribution in [3.05, 3.63) is 0 Å². The molecule has 0 saturated carbocycles. The Morgan fingerprint density at radius 2 is 2.00 bits per heavy atom. The number of likely N-dealkylation sites (tertiary alicyclic amines) is 1. The first kappa shape index (κ1) is 14.6. The third kappa shape index (κ3) is 4.37. The average molecular weight is 287 g/mol. The van der Waals surface area contributed by atoms with Crippen LogP contribution in [-0.2, 0) is 9.84 Å². The van der Waals surface area contributed by atoms with Crippen molar-refractivity contribution < 1.29 is 8.42 Å². The summed E-state index contributed by atoms with van der Waals surface area (Å²) in [5.41, 5.74) is 6.04. The van der Waals surface area contributed by atoms with Gasteiger partial charge in [0.15, 0.2) is 5.96 Å². The Kier molecular flexibility index (Phi) is 4.71. The number of rotatable bonds is 2. The lowest BCUT2D eigenvalue weighted by Gasteiger charge is -2.32. The quantitative estimate of drug-likeness (QED) is 0.603. The van der Waals surface area contributed by atoms with Crippen LogP contribution in [0.2, 0.25) is 0 Å². The summed E-state index contributed by atoms with van der Waals surface area (Å²) < 4.78 is 22.7. The molecule has 19 heavy (non-hydrogen) atoms. The van der Waals surface area contributed by atoms with Gasteiger partial charge in [-0.1, -0.05) is 6.92 Å². The molecule has 2 saturated heterocycles. The molecule has 5 nitrogen and oxygen atoms in total. The zero-order valence-corrected chi connectivity index (χ0v) is 12.5. The van der Waals surface area contributed by atoms with Crippen molar-refractivity contribution in [1.82, 2.24) is 4.90 Å². The van der Waals surface area contributed by atoms with Crippen molar-refractivity contribution >= 4 is 15.8 Å². The molecule has 0 aromatic heterocycles. The van der Waals surface area contributed by atoms with E-state index in [9.17, 15) is 8.42 Å². The van der Waals surface area contributed by atoms with Crippen LogP contribution in [0.25, 0.3) is 0 Å². The molecule has 0 aromatic rings. The van der Waals surface area contributed by atoms with Crippen molar-refractivity contribution in [2.75, 3.05) is 31.1 Å². The lowest BCUT2D eigenvalue weighted by atomic mass is 10.0. The van der Waals surface area contributed by atoms with Crippen LogP contribution in [-0.4, -0.2) is 50.4 Å². The lowest BCUT2D eigenvalue weighted by molar-refractivity contribution is 0.270. The van der Waals surface area contributed by atoms with Gasteiger partial charge in [0.05, 0.1) is 11.5 Å². The van der Waals surface area contributed by atoms with Gasteiger partial charge in [-0.3, -0.25) is 4.99 Å². The molecule has 2 aliphatic rings. The SMILES string of the molecule is C[C@@H]1CCCN(C(N)=NCC2CCS(=O)(=O)CC2)C1. The second kappa shape index (κ2) is 6.11. The molecule has 2 N–H and O–H groups in total. The van der Waals surface area contributed by atoms with Crippen LogP contribution in [0, 0.1) is 11.8 Å². The van der Waals surface area contributed by atoms with E-state index in [1.54, 1.807) is 0 Å². The monoisotopic (exact) mass is 287 g/mol. The minimum atomic E-state index is -2.77. The van der Waals surface area contributed by atoms with E-state index < -0.39 is 9.84 Å². The fourth-order valence-corrected chi connectivity index (χ4v) is 4.43. The molecule has 0 aliphatic carbocycles. The molecular formula is C13H25N3O2S. The van der Waals surface area contributed by atoms with Crippen LogP contribution in [0.1, 0.15) is 32.6 Å². The number of nitrogens with two attached hydrogens (primary N) is 1. The van der Waals surface area contributed by atoms with E-state index in [0.29, 0.717) is 35.8 Å². The summed E-state index contributed by atoms with van der Waals surface area (Å²) in [6.07, 6.45) is 3.91. The van der Waals surface area contributed by atoms with E-state index in [-0.39, 0.29) is 0 Å². The van der Waals surface area contributed by atoms with Crippen molar-refractivity contribution in [2.24, 2.45) is 22.6 Å². The number of aliphatic imine (C=N–C) groups is 1. The highest BCUT2D eigenvalue weighted by Gasteiger charge is 2.24. The summed E-state index contributed by atoms with van der Waals surface area (Å²) in [5, 5.41) is 0. The van der Waals surface area contributed by atoms with Gasteiger partial charge in [-0.25, -0.2) is 8.42 Å². The molecule has 0 bridgehead atoms. The Labute approximate surface area is 116 Å². The Morgan fingerprint density at radius 1 is 1.32 bits per heavy atom. The standard InChI is InChI=1S/C13H25N3O2S/c1-11-3-2-6-16(10-11)13(14)15-9-12-4-7-19(17,18)8-5-12/h11-12H,2-10H2,1H3,(H2,14,15)/t11-/m1/s1. The van der Waals surface area contributed by atoms with Crippen LogP contribution in [0.4, 0.5) is 0 Å². The van der Waals surface area contributed by atoms with E-state index in [4.69, 9.17) is 5.73 Å². The van der Waals surface area contributed by atoms with Gasteiger partial charge < -0.3 is 10.6 Å². The van der Waals surface area contributed by atoms with Crippen LogP contribution in [0.5, 0.6) is 0 Å². The van der Waals surface area contributed by atoms with E-state index >= 15 is 0 Å². The first-order valence-electron chi connectivity index (χ1n) is 7.21. The second-order valence-electron chi connectivity index (χ2n) is 5.99. The lowest BCUT2D eigenvalue weighted by Crippen LogP contribution is -2.43. The minimum absolute atomic E-state index is 0.313. The van der Waals surface area contributed by atoms with E-state index in [0.717, 1.165) is 25.9 Å². The van der Waals surface area contributed by atoms with Gasteiger partial charge in [0.2, 0.25) is 0 Å². The van der Waals surface area contributed by atoms with Gasteiger partial charge in [0.25, 0.3) is 0 Å². The smallest absolute Gasteiger partial charge is 0.191 e. The number of nitrogens with zero attached hydrogens (tertiary/aromatic N) is 2. The molecular weight excluding hydrogens is 262 g/mol. The number of piperidine rings is 1. The van der Waals surface area contributed by atoms with Gasteiger partial charge in [-0.15, -0.1) is 0 Å². The van der Waals surface area contributed by atoms with Gasteiger partial charge in [0, 0.05) is 19.6 Å². The molecule has 110 valence electrons. The normalized spacial score (nSPS) is 29.4. The first-order chi connectivity index (χ1) is 8.96. The second-order valence-corrected chi connectivity index (χ2v) is 8.29. The molecule has 1 atom stereocenters. The van der Waals surface area contributed by atoms with Crippen LogP contribution >= 0.6 is 0 Å². The molecule has 0 aromatic carbocycles. The van der Waals surface area contributed by atoms with Gasteiger partial charge in [-0.05, 0) is 37.5 Å². The summed E-state index contributed by atoms with van der Waals surface area (Å²) in [5.74, 6) is 2.33. The highest BCUT2D eigenvalue weighted by molar-refractivity contribution is 7.91. The van der Waals surface area contributed by atoms with Gasteiger partial charge >= 0.3 is 0 Å². The molecule has 2 rings (SSSR count).